The lowest BCUT2D eigenvalue weighted by molar-refractivity contribution is 0.101. The molecule has 1 aliphatic heterocycles. The molecule has 2 aromatic carbocycles. The second-order valence-corrected chi connectivity index (χ2v) is 11.1. The Morgan fingerprint density at radius 3 is 1.90 bits per heavy atom. The van der Waals surface area contributed by atoms with Gasteiger partial charge in [-0.2, -0.15) is 4.31 Å². The maximum atomic E-state index is 12.9. The minimum absolute atomic E-state index is 0.0963. The minimum atomic E-state index is -3.74. The van der Waals surface area contributed by atoms with Crippen molar-refractivity contribution in [2.75, 3.05) is 20.2 Å². The van der Waals surface area contributed by atoms with Crippen molar-refractivity contribution in [2.45, 2.75) is 34.8 Å². The SMILES string of the molecule is COc1ccc(S(=O)(=O)C2CCN(S(=O)(=O)c3ccc(C(C)=O)cc3)CC2)cc1. The maximum absolute atomic E-state index is 12.9. The Hall–Kier alpha value is -2.23. The molecule has 1 heterocycles. The summed E-state index contributed by atoms with van der Waals surface area (Å²) in [6, 6.07) is 12.0. The van der Waals surface area contributed by atoms with Crippen molar-refractivity contribution in [3.63, 3.8) is 0 Å². The van der Waals surface area contributed by atoms with E-state index in [9.17, 15) is 21.6 Å². The third-order valence-electron chi connectivity index (χ3n) is 5.13. The summed E-state index contributed by atoms with van der Waals surface area (Å²) < 4.78 is 57.8. The lowest BCUT2D eigenvalue weighted by Crippen LogP contribution is -2.42. The van der Waals surface area contributed by atoms with Crippen molar-refractivity contribution < 1.29 is 26.4 Å². The molecule has 0 bridgehead atoms. The fourth-order valence-electron chi connectivity index (χ4n) is 3.35. The summed E-state index contributed by atoms with van der Waals surface area (Å²) in [5, 5.41) is -0.637. The number of ether oxygens (including phenoxy) is 1. The predicted molar refractivity (Wildman–Crippen MR) is 108 cm³/mol. The first-order valence-electron chi connectivity index (χ1n) is 9.15. The van der Waals surface area contributed by atoms with Gasteiger partial charge in [-0.05, 0) is 56.2 Å². The number of carbonyl (C=O) groups is 1. The van der Waals surface area contributed by atoms with Crippen LogP contribution in [0.2, 0.25) is 0 Å². The normalized spacial score (nSPS) is 16.5. The zero-order chi connectivity index (χ0) is 21.2. The van der Waals surface area contributed by atoms with Crippen molar-refractivity contribution in [1.82, 2.24) is 4.31 Å². The van der Waals surface area contributed by atoms with Crippen molar-refractivity contribution >= 4 is 25.6 Å². The first kappa shape index (κ1) is 21.5. The van der Waals surface area contributed by atoms with Crippen LogP contribution < -0.4 is 4.74 Å². The van der Waals surface area contributed by atoms with Crippen molar-refractivity contribution in [3.05, 3.63) is 54.1 Å². The van der Waals surface area contributed by atoms with Gasteiger partial charge in [-0.15, -0.1) is 0 Å². The van der Waals surface area contributed by atoms with Crippen LogP contribution in [0.1, 0.15) is 30.1 Å². The second-order valence-electron chi connectivity index (χ2n) is 6.90. The van der Waals surface area contributed by atoms with Crippen LogP contribution in [-0.4, -0.2) is 52.4 Å². The predicted octanol–water partition coefficient (Wildman–Crippen LogP) is 2.52. The molecule has 0 spiro atoms. The summed E-state index contributed by atoms with van der Waals surface area (Å²) in [5.41, 5.74) is 0.438. The fourth-order valence-corrected chi connectivity index (χ4v) is 6.55. The van der Waals surface area contributed by atoms with Crippen molar-refractivity contribution in [2.24, 2.45) is 0 Å². The lowest BCUT2D eigenvalue weighted by atomic mass is 10.2. The highest BCUT2D eigenvalue weighted by molar-refractivity contribution is 7.92. The van der Waals surface area contributed by atoms with Crippen molar-refractivity contribution in [1.29, 1.82) is 0 Å². The van der Waals surface area contributed by atoms with Crippen LogP contribution in [-0.2, 0) is 19.9 Å². The molecule has 1 saturated heterocycles. The summed E-state index contributed by atoms with van der Waals surface area (Å²) in [4.78, 5) is 11.7. The number of sulfonamides is 1. The Morgan fingerprint density at radius 1 is 0.897 bits per heavy atom. The zero-order valence-corrected chi connectivity index (χ0v) is 17.9. The topological polar surface area (TPSA) is 97.8 Å². The monoisotopic (exact) mass is 437 g/mol. The van der Waals surface area contributed by atoms with Crippen molar-refractivity contribution in [3.8, 4) is 5.75 Å². The fraction of sp³-hybridized carbons (Fsp3) is 0.350. The highest BCUT2D eigenvalue weighted by atomic mass is 32.2. The van der Waals surface area contributed by atoms with Gasteiger partial charge < -0.3 is 4.74 Å². The van der Waals surface area contributed by atoms with E-state index >= 15 is 0 Å². The average molecular weight is 438 g/mol. The summed E-state index contributed by atoms with van der Waals surface area (Å²) in [6.45, 7) is 1.66. The standard InChI is InChI=1S/C20H23NO6S2/c1-15(22)16-3-7-20(8-4-16)29(25,26)21-13-11-19(12-14-21)28(23,24)18-9-5-17(27-2)6-10-18/h3-10,19H,11-14H2,1-2H3. The van der Waals surface area contributed by atoms with E-state index in [1.807, 2.05) is 0 Å². The molecule has 0 radical (unpaired) electrons. The molecule has 0 N–H and O–H groups in total. The third kappa shape index (κ3) is 4.36. The maximum Gasteiger partial charge on any atom is 0.243 e. The van der Waals surface area contributed by atoms with Gasteiger partial charge in [0.05, 0.1) is 22.2 Å². The molecular weight excluding hydrogens is 414 g/mol. The van der Waals surface area contributed by atoms with Gasteiger partial charge in [-0.25, -0.2) is 16.8 Å². The van der Waals surface area contributed by atoms with Gasteiger partial charge in [0.1, 0.15) is 5.75 Å². The smallest absolute Gasteiger partial charge is 0.243 e. The van der Waals surface area contributed by atoms with Crippen LogP contribution in [0.15, 0.2) is 58.3 Å². The molecule has 1 aliphatic rings. The summed E-state index contributed by atoms with van der Waals surface area (Å²) in [5.74, 6) is 0.430. The Kier molecular flexibility index (Phi) is 6.11. The number of methoxy groups -OCH3 is 1. The quantitative estimate of drug-likeness (QED) is 0.644. The first-order valence-corrected chi connectivity index (χ1v) is 12.1. The molecule has 0 aliphatic carbocycles. The zero-order valence-electron chi connectivity index (χ0n) is 16.2. The highest BCUT2D eigenvalue weighted by Crippen LogP contribution is 2.28. The number of ketones is 1. The largest absolute Gasteiger partial charge is 0.497 e. The average Bonchev–Trinajstić information content (AvgIpc) is 2.74. The van der Waals surface area contributed by atoms with Gasteiger partial charge in [0.2, 0.25) is 10.0 Å². The number of piperidine rings is 1. The molecule has 29 heavy (non-hydrogen) atoms. The van der Waals surface area contributed by atoms with E-state index in [1.54, 1.807) is 12.1 Å². The molecule has 0 aromatic heterocycles. The molecule has 1 fully saturated rings. The number of carbonyl (C=O) groups excluding carboxylic acids is 1. The highest BCUT2D eigenvalue weighted by Gasteiger charge is 2.35. The number of Topliss-reactive ketones (excluding diaryl/α,β-unsaturated/α-hetero) is 1. The van der Waals surface area contributed by atoms with Crippen LogP contribution >= 0.6 is 0 Å². The first-order chi connectivity index (χ1) is 13.7. The molecule has 0 unspecified atom stereocenters. The van der Waals surface area contributed by atoms with Crippen LogP contribution in [0.5, 0.6) is 5.75 Å². The number of rotatable bonds is 6. The Balaban J connectivity index is 1.72. The Morgan fingerprint density at radius 2 is 1.41 bits per heavy atom. The minimum Gasteiger partial charge on any atom is -0.497 e. The molecule has 0 amide bonds. The van der Waals surface area contributed by atoms with E-state index in [-0.39, 0.29) is 41.5 Å². The Labute approximate surface area is 171 Å². The van der Waals surface area contributed by atoms with E-state index in [4.69, 9.17) is 4.74 Å². The molecule has 2 aromatic rings. The van der Waals surface area contributed by atoms with Gasteiger partial charge in [0, 0.05) is 18.7 Å². The van der Waals surface area contributed by atoms with E-state index < -0.39 is 25.1 Å². The van der Waals surface area contributed by atoms with Crippen LogP contribution in [0, 0.1) is 0 Å². The van der Waals surface area contributed by atoms with E-state index in [0.717, 1.165) is 0 Å². The number of hydrogen-bond donors (Lipinski definition) is 0. The second kappa shape index (κ2) is 8.25. The van der Waals surface area contributed by atoms with Crippen LogP contribution in [0.4, 0.5) is 0 Å². The third-order valence-corrected chi connectivity index (χ3v) is 9.32. The molecule has 156 valence electrons. The van der Waals surface area contributed by atoms with Crippen LogP contribution in [0.3, 0.4) is 0 Å². The lowest BCUT2D eigenvalue weighted by Gasteiger charge is -2.31. The summed E-state index contributed by atoms with van der Waals surface area (Å²) in [7, 11) is -5.78. The van der Waals surface area contributed by atoms with Gasteiger partial charge in [-0.3, -0.25) is 4.79 Å². The number of sulfone groups is 1. The van der Waals surface area contributed by atoms with Crippen LogP contribution in [0.25, 0.3) is 0 Å². The van der Waals surface area contributed by atoms with Gasteiger partial charge in [0.15, 0.2) is 15.6 Å². The molecular formula is C20H23NO6S2. The summed E-state index contributed by atoms with van der Waals surface area (Å²) in [6.07, 6.45) is 0.443. The number of hydrogen-bond acceptors (Lipinski definition) is 6. The van der Waals surface area contributed by atoms with Gasteiger partial charge in [0.25, 0.3) is 0 Å². The van der Waals surface area contributed by atoms with E-state index in [0.29, 0.717) is 11.3 Å². The molecule has 0 atom stereocenters. The molecule has 9 heteroatoms. The van der Waals surface area contributed by atoms with Gasteiger partial charge >= 0.3 is 0 Å². The number of nitrogens with zero attached hydrogens (tertiary/aromatic N) is 1. The molecule has 0 saturated carbocycles. The Bertz CT molecular complexity index is 1080. The number of benzene rings is 2. The molecule has 7 nitrogen and oxygen atoms in total. The molecule has 3 rings (SSSR count). The summed E-state index contributed by atoms with van der Waals surface area (Å²) >= 11 is 0. The van der Waals surface area contributed by atoms with E-state index in [2.05, 4.69) is 0 Å². The van der Waals surface area contributed by atoms with Gasteiger partial charge in [-0.1, -0.05) is 12.1 Å². The van der Waals surface area contributed by atoms with E-state index in [1.165, 1.54) is 54.7 Å².